The van der Waals surface area contributed by atoms with Crippen LogP contribution in [0.1, 0.15) is 0 Å². The molecule has 0 spiro atoms. The van der Waals surface area contributed by atoms with Crippen LogP contribution >= 0.6 is 0 Å². The molecule has 0 aliphatic carbocycles. The lowest BCUT2D eigenvalue weighted by Gasteiger charge is -1.82. The molecule has 9 heavy (non-hydrogen) atoms. The molecule has 0 atom stereocenters. The SMILES string of the molecule is C=C/C=C\C(=C)C=NC. The summed E-state index contributed by atoms with van der Waals surface area (Å²) in [6.07, 6.45) is 7.07. The van der Waals surface area contributed by atoms with Crippen LogP contribution in [0.2, 0.25) is 0 Å². The van der Waals surface area contributed by atoms with E-state index in [0.29, 0.717) is 0 Å². The summed E-state index contributed by atoms with van der Waals surface area (Å²) in [5.41, 5.74) is 0.886. The first kappa shape index (κ1) is 7.89. The summed E-state index contributed by atoms with van der Waals surface area (Å²) < 4.78 is 0. The predicted octanol–water partition coefficient (Wildman–Crippen LogP) is 1.99. The lowest BCUT2D eigenvalue weighted by molar-refractivity contribution is 1.47. The highest BCUT2D eigenvalue weighted by atomic mass is 14.6. The topological polar surface area (TPSA) is 12.4 Å². The van der Waals surface area contributed by atoms with Crippen LogP contribution in [0.3, 0.4) is 0 Å². The Bertz CT molecular complexity index is 152. The average Bonchev–Trinajstić information content (AvgIpc) is 1.85. The first-order chi connectivity index (χ1) is 4.31. The van der Waals surface area contributed by atoms with Gasteiger partial charge in [0, 0.05) is 13.3 Å². The van der Waals surface area contributed by atoms with Gasteiger partial charge in [0.1, 0.15) is 0 Å². The molecule has 0 N–H and O–H groups in total. The number of hydrogen-bond acceptors (Lipinski definition) is 1. The molecule has 0 aliphatic rings. The maximum Gasteiger partial charge on any atom is 0.0277 e. The second kappa shape index (κ2) is 5.04. The van der Waals surface area contributed by atoms with Gasteiger partial charge < -0.3 is 0 Å². The first-order valence-electron chi connectivity index (χ1n) is 2.71. The second-order valence-electron chi connectivity index (χ2n) is 1.56. The Morgan fingerprint density at radius 3 is 2.67 bits per heavy atom. The fourth-order valence-corrected chi connectivity index (χ4v) is 0.400. The van der Waals surface area contributed by atoms with Crippen molar-refractivity contribution in [3.05, 3.63) is 37.0 Å². The van der Waals surface area contributed by atoms with Crippen LogP contribution in [0.25, 0.3) is 0 Å². The van der Waals surface area contributed by atoms with Crippen LogP contribution in [-0.4, -0.2) is 13.3 Å². The van der Waals surface area contributed by atoms with Gasteiger partial charge in [-0.1, -0.05) is 31.4 Å². The molecule has 48 valence electrons. The van der Waals surface area contributed by atoms with Gasteiger partial charge in [-0.2, -0.15) is 0 Å². The van der Waals surface area contributed by atoms with Gasteiger partial charge in [-0.25, -0.2) is 0 Å². The Hall–Kier alpha value is -1.11. The van der Waals surface area contributed by atoms with Crippen LogP contribution in [0.5, 0.6) is 0 Å². The summed E-state index contributed by atoms with van der Waals surface area (Å²) in [7, 11) is 1.72. The van der Waals surface area contributed by atoms with E-state index in [9.17, 15) is 0 Å². The van der Waals surface area contributed by atoms with Crippen LogP contribution in [0, 0.1) is 0 Å². The smallest absolute Gasteiger partial charge is 0.0277 e. The van der Waals surface area contributed by atoms with Gasteiger partial charge in [0.05, 0.1) is 0 Å². The standard InChI is InChI=1S/C8H11N/c1-4-5-6-8(2)7-9-3/h4-7H,1-2H2,3H3/b6-5-,9-7?. The van der Waals surface area contributed by atoms with E-state index in [0.717, 1.165) is 5.57 Å². The highest BCUT2D eigenvalue weighted by Gasteiger charge is 1.74. The van der Waals surface area contributed by atoms with E-state index >= 15 is 0 Å². The molecule has 0 aromatic rings. The molecule has 0 fully saturated rings. The molecule has 0 aliphatic heterocycles. The van der Waals surface area contributed by atoms with Crippen molar-refractivity contribution in [2.75, 3.05) is 7.05 Å². The van der Waals surface area contributed by atoms with Crippen molar-refractivity contribution in [1.82, 2.24) is 0 Å². The minimum absolute atomic E-state index is 0.886. The molecule has 0 aromatic carbocycles. The Labute approximate surface area is 56.1 Å². The number of nitrogens with zero attached hydrogens (tertiary/aromatic N) is 1. The summed E-state index contributed by atoms with van der Waals surface area (Å²) in [5.74, 6) is 0. The molecule has 0 amide bonds. The maximum absolute atomic E-state index is 3.78. The fourth-order valence-electron chi connectivity index (χ4n) is 0.400. The molecule has 0 saturated carbocycles. The lowest BCUT2D eigenvalue weighted by Crippen LogP contribution is -1.73. The van der Waals surface area contributed by atoms with Gasteiger partial charge in [0.2, 0.25) is 0 Å². The molecule has 0 heterocycles. The summed E-state index contributed by atoms with van der Waals surface area (Å²) in [6, 6.07) is 0. The van der Waals surface area contributed by atoms with Gasteiger partial charge >= 0.3 is 0 Å². The van der Waals surface area contributed by atoms with Crippen molar-refractivity contribution in [2.24, 2.45) is 4.99 Å². The minimum Gasteiger partial charge on any atom is -0.296 e. The second-order valence-corrected chi connectivity index (χ2v) is 1.56. The van der Waals surface area contributed by atoms with E-state index < -0.39 is 0 Å². The third-order valence-electron chi connectivity index (χ3n) is 0.741. The largest absolute Gasteiger partial charge is 0.296 e. The average molecular weight is 121 g/mol. The molecule has 1 nitrogen and oxygen atoms in total. The Morgan fingerprint density at radius 1 is 1.56 bits per heavy atom. The Kier molecular flexibility index (Phi) is 4.41. The maximum atomic E-state index is 3.78. The zero-order chi connectivity index (χ0) is 7.11. The number of allylic oxidation sites excluding steroid dienone is 4. The summed E-state index contributed by atoms with van der Waals surface area (Å²) in [4.78, 5) is 3.78. The van der Waals surface area contributed by atoms with Crippen LogP contribution in [-0.2, 0) is 0 Å². The third-order valence-corrected chi connectivity index (χ3v) is 0.741. The van der Waals surface area contributed by atoms with E-state index in [1.54, 1.807) is 19.3 Å². The van der Waals surface area contributed by atoms with Crippen LogP contribution in [0.4, 0.5) is 0 Å². The quantitative estimate of drug-likeness (QED) is 0.400. The zero-order valence-electron chi connectivity index (χ0n) is 5.67. The van der Waals surface area contributed by atoms with Gasteiger partial charge in [0.25, 0.3) is 0 Å². The van der Waals surface area contributed by atoms with E-state index in [-0.39, 0.29) is 0 Å². The number of rotatable bonds is 3. The summed E-state index contributed by atoms with van der Waals surface area (Å²) in [6.45, 7) is 7.22. The van der Waals surface area contributed by atoms with Gasteiger partial charge in [-0.15, -0.1) is 0 Å². The predicted molar refractivity (Wildman–Crippen MR) is 42.9 cm³/mol. The van der Waals surface area contributed by atoms with Gasteiger partial charge in [-0.05, 0) is 5.57 Å². The first-order valence-corrected chi connectivity index (χ1v) is 2.71. The Morgan fingerprint density at radius 2 is 2.22 bits per heavy atom. The van der Waals surface area contributed by atoms with E-state index in [2.05, 4.69) is 18.2 Å². The van der Waals surface area contributed by atoms with E-state index in [1.807, 2.05) is 12.2 Å². The summed E-state index contributed by atoms with van der Waals surface area (Å²) in [5, 5.41) is 0. The van der Waals surface area contributed by atoms with Crippen LogP contribution < -0.4 is 0 Å². The number of hydrogen-bond donors (Lipinski definition) is 0. The zero-order valence-corrected chi connectivity index (χ0v) is 5.67. The highest BCUT2D eigenvalue weighted by Crippen LogP contribution is 1.86. The molecule has 0 rings (SSSR count). The van der Waals surface area contributed by atoms with Crippen LogP contribution in [0.15, 0.2) is 42.0 Å². The third kappa shape index (κ3) is 4.75. The van der Waals surface area contributed by atoms with Crippen molar-refractivity contribution in [2.45, 2.75) is 0 Å². The number of aliphatic imine (C=N–C) groups is 1. The normalized spacial score (nSPS) is 10.8. The van der Waals surface area contributed by atoms with E-state index in [4.69, 9.17) is 0 Å². The Balaban J connectivity index is 3.76. The van der Waals surface area contributed by atoms with E-state index in [1.165, 1.54) is 0 Å². The fraction of sp³-hybridized carbons (Fsp3) is 0.125. The monoisotopic (exact) mass is 121 g/mol. The van der Waals surface area contributed by atoms with Gasteiger partial charge in [0.15, 0.2) is 0 Å². The molecular formula is C8H11N. The molecule has 0 unspecified atom stereocenters. The highest BCUT2D eigenvalue weighted by molar-refractivity contribution is 5.81. The summed E-state index contributed by atoms with van der Waals surface area (Å²) >= 11 is 0. The molecule has 0 bridgehead atoms. The lowest BCUT2D eigenvalue weighted by atomic mass is 10.3. The van der Waals surface area contributed by atoms with Crippen molar-refractivity contribution < 1.29 is 0 Å². The molecular weight excluding hydrogens is 110 g/mol. The molecule has 0 radical (unpaired) electrons. The van der Waals surface area contributed by atoms with Crippen molar-refractivity contribution >= 4 is 6.21 Å². The van der Waals surface area contributed by atoms with Crippen molar-refractivity contribution in [3.63, 3.8) is 0 Å². The van der Waals surface area contributed by atoms with Crippen molar-refractivity contribution in [1.29, 1.82) is 0 Å². The molecule has 1 heteroatoms. The molecule has 0 saturated heterocycles. The van der Waals surface area contributed by atoms with Gasteiger partial charge in [-0.3, -0.25) is 4.99 Å². The van der Waals surface area contributed by atoms with Crippen molar-refractivity contribution in [3.8, 4) is 0 Å². The minimum atomic E-state index is 0.886. The molecule has 0 aromatic heterocycles.